The van der Waals surface area contributed by atoms with Crippen LogP contribution in [-0.2, 0) is 5.41 Å². The standard InChI is InChI=1S/C19H30N2/c1-19(2)13-12-18(16-6-4-5-7-17(16)19)21(3)15-10-8-14(20)9-11-15/h4-7,14-15,18H,8-13,20H2,1-3H3. The minimum atomic E-state index is 0.322. The van der Waals surface area contributed by atoms with E-state index < -0.39 is 0 Å². The number of fused-ring (bicyclic) bond motifs is 1. The zero-order valence-electron chi connectivity index (χ0n) is 13.8. The lowest BCUT2D eigenvalue weighted by Crippen LogP contribution is -2.42. The van der Waals surface area contributed by atoms with Crippen LogP contribution in [0, 0.1) is 0 Å². The van der Waals surface area contributed by atoms with E-state index >= 15 is 0 Å². The minimum Gasteiger partial charge on any atom is -0.328 e. The zero-order valence-corrected chi connectivity index (χ0v) is 13.8. The van der Waals surface area contributed by atoms with E-state index in [1.165, 1.54) is 38.5 Å². The van der Waals surface area contributed by atoms with Gasteiger partial charge in [-0.2, -0.15) is 0 Å². The van der Waals surface area contributed by atoms with Crippen molar-refractivity contribution in [2.24, 2.45) is 5.73 Å². The maximum atomic E-state index is 6.07. The lowest BCUT2D eigenvalue weighted by atomic mass is 9.70. The van der Waals surface area contributed by atoms with Crippen LogP contribution in [0.2, 0.25) is 0 Å². The summed E-state index contributed by atoms with van der Waals surface area (Å²) in [7, 11) is 2.33. The van der Waals surface area contributed by atoms with Gasteiger partial charge in [0.15, 0.2) is 0 Å². The highest BCUT2D eigenvalue weighted by Gasteiger charge is 2.36. The van der Waals surface area contributed by atoms with E-state index in [0.29, 0.717) is 23.5 Å². The van der Waals surface area contributed by atoms with Gasteiger partial charge >= 0.3 is 0 Å². The molecule has 116 valence electrons. The van der Waals surface area contributed by atoms with E-state index in [-0.39, 0.29) is 0 Å². The van der Waals surface area contributed by atoms with Crippen molar-refractivity contribution >= 4 is 0 Å². The summed E-state index contributed by atoms with van der Waals surface area (Å²) in [6.07, 6.45) is 7.47. The third-order valence-corrected chi connectivity index (χ3v) is 5.90. The van der Waals surface area contributed by atoms with Crippen molar-refractivity contribution in [2.75, 3.05) is 7.05 Å². The molecule has 2 nitrogen and oxygen atoms in total. The first-order chi connectivity index (χ1) is 9.99. The van der Waals surface area contributed by atoms with E-state index in [1.807, 2.05) is 0 Å². The topological polar surface area (TPSA) is 29.3 Å². The molecule has 3 rings (SSSR count). The van der Waals surface area contributed by atoms with Gasteiger partial charge in [-0.05, 0) is 62.1 Å². The molecule has 0 aromatic heterocycles. The molecule has 1 aromatic rings. The number of hydrogen-bond acceptors (Lipinski definition) is 2. The zero-order chi connectivity index (χ0) is 15.0. The first kappa shape index (κ1) is 15.1. The van der Waals surface area contributed by atoms with Gasteiger partial charge in [0.2, 0.25) is 0 Å². The molecule has 2 aliphatic rings. The molecule has 2 aliphatic carbocycles. The Morgan fingerprint density at radius 1 is 1.05 bits per heavy atom. The maximum absolute atomic E-state index is 6.07. The summed E-state index contributed by atoms with van der Waals surface area (Å²) in [6, 6.07) is 10.8. The summed E-state index contributed by atoms with van der Waals surface area (Å²) in [4.78, 5) is 2.65. The average molecular weight is 286 g/mol. The number of nitrogens with two attached hydrogens (primary N) is 1. The van der Waals surface area contributed by atoms with Crippen LogP contribution in [0.4, 0.5) is 0 Å². The van der Waals surface area contributed by atoms with E-state index in [1.54, 1.807) is 11.1 Å². The molecule has 0 amide bonds. The Bertz CT molecular complexity index is 486. The van der Waals surface area contributed by atoms with Gasteiger partial charge in [-0.1, -0.05) is 38.1 Å². The van der Waals surface area contributed by atoms with Gasteiger partial charge in [0.1, 0.15) is 0 Å². The number of hydrogen-bond donors (Lipinski definition) is 1. The monoisotopic (exact) mass is 286 g/mol. The summed E-state index contributed by atoms with van der Waals surface area (Å²) in [6.45, 7) is 4.78. The SMILES string of the molecule is CN(C1CCC(N)CC1)C1CCC(C)(C)c2ccccc21. The van der Waals surface area contributed by atoms with Crippen LogP contribution in [0.25, 0.3) is 0 Å². The molecule has 1 saturated carbocycles. The molecular formula is C19H30N2. The fraction of sp³-hybridized carbons (Fsp3) is 0.684. The van der Waals surface area contributed by atoms with Gasteiger partial charge in [-0.3, -0.25) is 4.90 Å². The predicted octanol–water partition coefficient (Wildman–Crippen LogP) is 4.00. The van der Waals surface area contributed by atoms with E-state index in [9.17, 15) is 0 Å². The second kappa shape index (κ2) is 5.73. The molecule has 2 heteroatoms. The summed E-state index contributed by atoms with van der Waals surface area (Å²) < 4.78 is 0. The molecule has 1 aromatic carbocycles. The highest BCUT2D eigenvalue weighted by molar-refractivity contribution is 5.38. The molecule has 21 heavy (non-hydrogen) atoms. The van der Waals surface area contributed by atoms with Crippen LogP contribution in [0.5, 0.6) is 0 Å². The Hall–Kier alpha value is -0.860. The molecule has 1 unspecified atom stereocenters. The molecule has 0 heterocycles. The van der Waals surface area contributed by atoms with E-state index in [4.69, 9.17) is 5.73 Å². The summed E-state index contributed by atoms with van der Waals surface area (Å²) in [5, 5.41) is 0. The van der Waals surface area contributed by atoms with Gasteiger partial charge in [-0.25, -0.2) is 0 Å². The summed E-state index contributed by atoms with van der Waals surface area (Å²) in [5.41, 5.74) is 9.51. The highest BCUT2D eigenvalue weighted by Crippen LogP contribution is 2.44. The largest absolute Gasteiger partial charge is 0.328 e. The van der Waals surface area contributed by atoms with Gasteiger partial charge < -0.3 is 5.73 Å². The molecule has 0 spiro atoms. The van der Waals surface area contributed by atoms with E-state index in [0.717, 1.165) is 0 Å². The van der Waals surface area contributed by atoms with Gasteiger partial charge in [0, 0.05) is 18.1 Å². The third kappa shape index (κ3) is 2.89. The highest BCUT2D eigenvalue weighted by atomic mass is 15.2. The first-order valence-electron chi connectivity index (χ1n) is 8.56. The van der Waals surface area contributed by atoms with Gasteiger partial charge in [0.25, 0.3) is 0 Å². The molecular weight excluding hydrogens is 256 g/mol. The predicted molar refractivity (Wildman–Crippen MR) is 89.4 cm³/mol. The number of nitrogens with zero attached hydrogens (tertiary/aromatic N) is 1. The Morgan fingerprint density at radius 3 is 2.43 bits per heavy atom. The van der Waals surface area contributed by atoms with Crippen LogP contribution in [-0.4, -0.2) is 24.0 Å². The molecule has 0 radical (unpaired) electrons. The van der Waals surface area contributed by atoms with Crippen LogP contribution in [0.1, 0.15) is 69.5 Å². The fourth-order valence-electron chi connectivity index (χ4n) is 4.38. The first-order valence-corrected chi connectivity index (χ1v) is 8.56. The van der Waals surface area contributed by atoms with Gasteiger partial charge in [-0.15, -0.1) is 0 Å². The smallest absolute Gasteiger partial charge is 0.0351 e. The van der Waals surface area contributed by atoms with Crippen molar-refractivity contribution in [3.8, 4) is 0 Å². The Morgan fingerprint density at radius 2 is 1.71 bits per heavy atom. The summed E-state index contributed by atoms with van der Waals surface area (Å²) >= 11 is 0. The van der Waals surface area contributed by atoms with Crippen molar-refractivity contribution in [1.29, 1.82) is 0 Å². The fourth-order valence-corrected chi connectivity index (χ4v) is 4.38. The van der Waals surface area contributed by atoms with Crippen LogP contribution in [0.3, 0.4) is 0 Å². The lowest BCUT2D eigenvalue weighted by Gasteiger charge is -2.44. The van der Waals surface area contributed by atoms with Crippen molar-refractivity contribution in [3.63, 3.8) is 0 Å². The maximum Gasteiger partial charge on any atom is 0.0351 e. The molecule has 2 N–H and O–H groups in total. The summed E-state index contributed by atoms with van der Waals surface area (Å²) in [5.74, 6) is 0. The normalized spacial score (nSPS) is 32.0. The second-order valence-corrected chi connectivity index (χ2v) is 7.76. The average Bonchev–Trinajstić information content (AvgIpc) is 2.48. The molecule has 0 aliphatic heterocycles. The van der Waals surface area contributed by atoms with Crippen LogP contribution >= 0.6 is 0 Å². The van der Waals surface area contributed by atoms with Gasteiger partial charge in [0.05, 0.1) is 0 Å². The lowest BCUT2D eigenvalue weighted by molar-refractivity contribution is 0.112. The molecule has 1 fully saturated rings. The number of rotatable bonds is 2. The Kier molecular flexibility index (Phi) is 4.11. The third-order valence-electron chi connectivity index (χ3n) is 5.90. The molecule has 0 saturated heterocycles. The van der Waals surface area contributed by atoms with Crippen LogP contribution in [0.15, 0.2) is 24.3 Å². The molecule has 1 atom stereocenters. The minimum absolute atomic E-state index is 0.322. The van der Waals surface area contributed by atoms with Crippen molar-refractivity contribution in [3.05, 3.63) is 35.4 Å². The molecule has 0 bridgehead atoms. The van der Waals surface area contributed by atoms with Crippen molar-refractivity contribution < 1.29 is 0 Å². The Balaban J connectivity index is 1.83. The second-order valence-electron chi connectivity index (χ2n) is 7.76. The van der Waals surface area contributed by atoms with E-state index in [2.05, 4.69) is 50.1 Å². The Labute approximate surface area is 129 Å². The van der Waals surface area contributed by atoms with Crippen LogP contribution < -0.4 is 5.73 Å². The quantitative estimate of drug-likeness (QED) is 0.890. The number of benzene rings is 1. The van der Waals surface area contributed by atoms with Crippen molar-refractivity contribution in [1.82, 2.24) is 4.90 Å². The van der Waals surface area contributed by atoms with Crippen molar-refractivity contribution in [2.45, 2.75) is 75.9 Å².